The van der Waals surface area contributed by atoms with Crippen molar-refractivity contribution in [1.82, 2.24) is 25.1 Å². The number of halogens is 1. The summed E-state index contributed by atoms with van der Waals surface area (Å²) in [5, 5.41) is 16.5. The molecule has 0 bridgehead atoms. The molecule has 0 spiro atoms. The van der Waals surface area contributed by atoms with Gasteiger partial charge in [-0.15, -0.1) is 15.3 Å². The van der Waals surface area contributed by atoms with E-state index in [4.69, 9.17) is 20.8 Å². The highest BCUT2D eigenvalue weighted by Crippen LogP contribution is 2.26. The number of nitrogens with one attached hydrogen (secondary N) is 1. The fourth-order valence-corrected chi connectivity index (χ4v) is 3.52. The van der Waals surface area contributed by atoms with E-state index in [1.54, 1.807) is 42.5 Å². The van der Waals surface area contributed by atoms with E-state index in [0.29, 0.717) is 38.9 Å². The third-order valence-electron chi connectivity index (χ3n) is 4.88. The summed E-state index contributed by atoms with van der Waals surface area (Å²) in [6.45, 7) is 0.289. The van der Waals surface area contributed by atoms with Gasteiger partial charge in [-0.1, -0.05) is 41.9 Å². The van der Waals surface area contributed by atoms with Crippen LogP contribution >= 0.6 is 11.6 Å². The van der Waals surface area contributed by atoms with Crippen molar-refractivity contribution in [2.75, 3.05) is 13.2 Å². The average Bonchev–Trinajstić information content (AvgIpc) is 3.24. The van der Waals surface area contributed by atoms with Gasteiger partial charge in [0.2, 0.25) is 5.88 Å². The molecule has 0 saturated carbocycles. The number of nitrogens with zero attached hydrogens (tertiary/aromatic N) is 4. The van der Waals surface area contributed by atoms with Gasteiger partial charge in [0.1, 0.15) is 17.8 Å². The number of fused-ring (bicyclic) bond motifs is 2. The summed E-state index contributed by atoms with van der Waals surface area (Å²) >= 11 is 6.27. The van der Waals surface area contributed by atoms with Crippen LogP contribution in [0.1, 0.15) is 10.4 Å². The summed E-state index contributed by atoms with van der Waals surface area (Å²) in [6, 6.07) is 19.1. The number of hydrogen-bond donors (Lipinski definition) is 1. The molecule has 0 fully saturated rings. The molecule has 1 N–H and O–H groups in total. The third kappa shape index (κ3) is 4.13. The molecule has 2 aromatic carbocycles. The van der Waals surface area contributed by atoms with Gasteiger partial charge in [0.25, 0.3) is 5.91 Å². The minimum absolute atomic E-state index is 0.0675. The Morgan fingerprint density at radius 1 is 1.06 bits per heavy atom. The first-order valence-corrected chi connectivity index (χ1v) is 10.4. The van der Waals surface area contributed by atoms with Crippen molar-refractivity contribution < 1.29 is 13.9 Å². The van der Waals surface area contributed by atoms with Gasteiger partial charge >= 0.3 is 5.63 Å². The van der Waals surface area contributed by atoms with Gasteiger partial charge in [0.15, 0.2) is 11.5 Å². The van der Waals surface area contributed by atoms with Crippen LogP contribution in [0, 0.1) is 0 Å². The van der Waals surface area contributed by atoms with Crippen molar-refractivity contribution >= 4 is 34.1 Å². The zero-order valence-corrected chi connectivity index (χ0v) is 17.8. The fraction of sp³-hybridized carbons (Fsp3) is 0.0870. The van der Waals surface area contributed by atoms with Gasteiger partial charge < -0.3 is 14.5 Å². The first-order valence-electron chi connectivity index (χ1n) is 10.0. The number of ether oxygens (including phenoxy) is 1. The van der Waals surface area contributed by atoms with Gasteiger partial charge in [0, 0.05) is 17.0 Å². The lowest BCUT2D eigenvalue weighted by Gasteiger charge is -2.08. The number of benzene rings is 2. The van der Waals surface area contributed by atoms with E-state index in [1.165, 1.54) is 10.6 Å². The number of para-hydroxylation sites is 1. The average molecular weight is 462 g/mol. The number of aromatic nitrogens is 4. The van der Waals surface area contributed by atoms with Gasteiger partial charge in [-0.3, -0.25) is 4.79 Å². The predicted molar refractivity (Wildman–Crippen MR) is 122 cm³/mol. The molecule has 1 amide bonds. The minimum Gasteiger partial charge on any atom is -0.475 e. The van der Waals surface area contributed by atoms with Crippen molar-refractivity contribution in [2.24, 2.45) is 0 Å². The molecule has 0 saturated heterocycles. The van der Waals surface area contributed by atoms with Crippen molar-refractivity contribution in [3.05, 3.63) is 87.7 Å². The van der Waals surface area contributed by atoms with E-state index in [0.717, 1.165) is 0 Å². The van der Waals surface area contributed by atoms with Crippen LogP contribution in [0.25, 0.3) is 28.0 Å². The van der Waals surface area contributed by atoms with Gasteiger partial charge in [-0.25, -0.2) is 4.79 Å². The van der Waals surface area contributed by atoms with E-state index in [9.17, 15) is 9.59 Å². The zero-order valence-electron chi connectivity index (χ0n) is 17.1. The van der Waals surface area contributed by atoms with E-state index in [2.05, 4.69) is 20.6 Å². The van der Waals surface area contributed by atoms with E-state index in [-0.39, 0.29) is 18.7 Å². The molecule has 3 aromatic heterocycles. The molecule has 0 aliphatic carbocycles. The van der Waals surface area contributed by atoms with Crippen molar-refractivity contribution in [3.63, 3.8) is 0 Å². The standard InChI is InChI=1S/C23H16ClN5O4/c24-17-7-3-2-6-15(17)21-27-26-19-9-10-20(28-29(19)21)32-12-11-25-22(30)16-13-14-5-1-4-8-18(14)33-23(16)31/h1-10,13H,11-12H2,(H,25,30). The summed E-state index contributed by atoms with van der Waals surface area (Å²) in [6.07, 6.45) is 0. The highest BCUT2D eigenvalue weighted by Gasteiger charge is 2.15. The number of amides is 1. The smallest absolute Gasteiger partial charge is 0.349 e. The molecule has 9 nitrogen and oxygen atoms in total. The Morgan fingerprint density at radius 3 is 2.76 bits per heavy atom. The van der Waals surface area contributed by atoms with E-state index >= 15 is 0 Å². The van der Waals surface area contributed by atoms with Crippen molar-refractivity contribution in [1.29, 1.82) is 0 Å². The summed E-state index contributed by atoms with van der Waals surface area (Å²) in [4.78, 5) is 24.5. The van der Waals surface area contributed by atoms with Crippen LogP contribution < -0.4 is 15.7 Å². The van der Waals surface area contributed by atoms with Crippen LogP contribution in [0.3, 0.4) is 0 Å². The number of carbonyl (C=O) groups excluding carboxylic acids is 1. The van der Waals surface area contributed by atoms with Gasteiger partial charge in [0.05, 0.1) is 11.6 Å². The molecular formula is C23H16ClN5O4. The first kappa shape index (κ1) is 20.7. The fourth-order valence-electron chi connectivity index (χ4n) is 3.30. The second-order valence-corrected chi connectivity index (χ2v) is 7.44. The van der Waals surface area contributed by atoms with Crippen LogP contribution in [-0.2, 0) is 0 Å². The van der Waals surface area contributed by atoms with Crippen LogP contribution in [-0.4, -0.2) is 38.9 Å². The van der Waals surface area contributed by atoms with Crippen LogP contribution in [0.4, 0.5) is 0 Å². The van der Waals surface area contributed by atoms with Crippen LogP contribution in [0.15, 0.2) is 75.9 Å². The molecule has 0 aliphatic rings. The Bertz CT molecular complexity index is 1550. The quantitative estimate of drug-likeness (QED) is 0.305. The Kier molecular flexibility index (Phi) is 5.45. The van der Waals surface area contributed by atoms with Gasteiger partial charge in [-0.05, 0) is 30.3 Å². The minimum atomic E-state index is -0.695. The maximum atomic E-state index is 12.4. The number of hydrogen-bond acceptors (Lipinski definition) is 7. The van der Waals surface area contributed by atoms with Crippen molar-refractivity contribution in [2.45, 2.75) is 0 Å². The van der Waals surface area contributed by atoms with Gasteiger partial charge in [-0.2, -0.15) is 4.52 Å². The van der Waals surface area contributed by atoms with Crippen LogP contribution in [0.5, 0.6) is 5.88 Å². The monoisotopic (exact) mass is 461 g/mol. The van der Waals surface area contributed by atoms with E-state index in [1.807, 2.05) is 18.2 Å². The first-order chi connectivity index (χ1) is 16.1. The molecule has 0 atom stereocenters. The Balaban J connectivity index is 1.26. The molecular weight excluding hydrogens is 446 g/mol. The lowest BCUT2D eigenvalue weighted by Crippen LogP contribution is -2.31. The topological polar surface area (TPSA) is 112 Å². The lowest BCUT2D eigenvalue weighted by atomic mass is 10.2. The Morgan fingerprint density at radius 2 is 1.88 bits per heavy atom. The highest BCUT2D eigenvalue weighted by atomic mass is 35.5. The summed E-state index contributed by atoms with van der Waals surface area (Å²) in [5.41, 5.74) is 0.890. The SMILES string of the molecule is O=C(NCCOc1ccc2nnc(-c3ccccc3Cl)n2n1)c1cc2ccccc2oc1=O. The molecule has 5 rings (SSSR count). The largest absolute Gasteiger partial charge is 0.475 e. The van der Waals surface area contributed by atoms with E-state index < -0.39 is 11.5 Å². The Hall–Kier alpha value is -4.24. The van der Waals surface area contributed by atoms with Crippen LogP contribution in [0.2, 0.25) is 5.02 Å². The maximum Gasteiger partial charge on any atom is 0.349 e. The second kappa shape index (κ2) is 8.71. The molecule has 3 heterocycles. The molecule has 0 radical (unpaired) electrons. The summed E-state index contributed by atoms with van der Waals surface area (Å²) in [5.74, 6) is 0.258. The second-order valence-electron chi connectivity index (χ2n) is 7.03. The normalized spacial score (nSPS) is 11.1. The molecule has 0 aliphatic heterocycles. The Labute approximate surface area is 191 Å². The molecule has 10 heteroatoms. The molecule has 5 aromatic rings. The maximum absolute atomic E-state index is 12.4. The highest BCUT2D eigenvalue weighted by molar-refractivity contribution is 6.33. The summed E-state index contributed by atoms with van der Waals surface area (Å²) < 4.78 is 12.4. The molecule has 33 heavy (non-hydrogen) atoms. The van der Waals surface area contributed by atoms with Crippen molar-refractivity contribution in [3.8, 4) is 17.3 Å². The number of rotatable bonds is 6. The lowest BCUT2D eigenvalue weighted by molar-refractivity contribution is 0.0943. The molecule has 164 valence electrons. The zero-order chi connectivity index (χ0) is 22.8. The number of carbonyl (C=O) groups is 1. The third-order valence-corrected chi connectivity index (χ3v) is 5.21. The predicted octanol–water partition coefficient (Wildman–Crippen LogP) is 3.36. The summed E-state index contributed by atoms with van der Waals surface area (Å²) in [7, 11) is 0. The molecule has 0 unspecified atom stereocenters.